The maximum Gasteiger partial charge on any atom is 0.314 e. The molecule has 0 fully saturated rings. The Bertz CT molecular complexity index is 541. The summed E-state index contributed by atoms with van der Waals surface area (Å²) < 4.78 is 16.3. The van der Waals surface area contributed by atoms with E-state index < -0.39 is 17.7 Å². The van der Waals surface area contributed by atoms with Gasteiger partial charge in [-0.25, -0.2) is 0 Å². The molecular weight excluding hydrogens is 344 g/mol. The van der Waals surface area contributed by atoms with Crippen molar-refractivity contribution in [2.45, 2.75) is 13.3 Å². The monoisotopic (exact) mass is 360 g/mol. The number of carboxylic acids is 1. The normalized spacial score (nSPS) is 11.7. The molecule has 0 aliphatic heterocycles. The van der Waals surface area contributed by atoms with E-state index in [1.54, 1.807) is 6.07 Å². The van der Waals surface area contributed by atoms with Crippen LogP contribution >= 0.6 is 15.9 Å². The summed E-state index contributed by atoms with van der Waals surface area (Å²) >= 11 is 3.36. The number of rotatable bonds is 7. The van der Waals surface area contributed by atoms with Crippen LogP contribution in [-0.2, 0) is 16.0 Å². The van der Waals surface area contributed by atoms with Crippen molar-refractivity contribution in [2.75, 3.05) is 21.3 Å². The third-order valence-corrected chi connectivity index (χ3v) is 3.93. The van der Waals surface area contributed by atoms with E-state index in [-0.39, 0.29) is 6.42 Å². The van der Waals surface area contributed by atoms with Gasteiger partial charge in [0.15, 0.2) is 11.5 Å². The Hall–Kier alpha value is -1.76. The van der Waals surface area contributed by atoms with Crippen molar-refractivity contribution >= 4 is 27.7 Å². The Labute approximate surface area is 131 Å². The van der Waals surface area contributed by atoms with Gasteiger partial charge in [0.05, 0.1) is 25.8 Å². The Morgan fingerprint density at radius 2 is 1.76 bits per heavy atom. The Kier molecular flexibility index (Phi) is 6.02. The number of carbonyl (C=O) groups excluding carboxylic acids is 1. The molecule has 6 nitrogen and oxygen atoms in total. The molecule has 0 aromatic heterocycles. The molecule has 0 aliphatic rings. The lowest BCUT2D eigenvalue weighted by molar-refractivity contribution is -0.145. The second-order valence-electron chi connectivity index (χ2n) is 4.32. The molecule has 116 valence electrons. The van der Waals surface area contributed by atoms with Crippen LogP contribution in [0.15, 0.2) is 10.5 Å². The largest absolute Gasteiger partial charge is 0.493 e. The zero-order valence-corrected chi connectivity index (χ0v) is 13.8. The minimum Gasteiger partial charge on any atom is -0.493 e. The fourth-order valence-electron chi connectivity index (χ4n) is 1.95. The second kappa shape index (κ2) is 7.31. The molecule has 1 atom stereocenters. The van der Waals surface area contributed by atoms with Crippen molar-refractivity contribution in [1.29, 1.82) is 0 Å². The fraction of sp³-hybridized carbons (Fsp3) is 0.429. The Morgan fingerprint density at radius 1 is 1.19 bits per heavy atom. The van der Waals surface area contributed by atoms with Crippen LogP contribution in [-0.4, -0.2) is 38.2 Å². The average molecular weight is 361 g/mol. The van der Waals surface area contributed by atoms with E-state index in [1.807, 2.05) is 0 Å². The summed E-state index contributed by atoms with van der Waals surface area (Å²) in [6, 6.07) is 1.63. The lowest BCUT2D eigenvalue weighted by Gasteiger charge is -2.18. The van der Waals surface area contributed by atoms with Gasteiger partial charge in [0.2, 0.25) is 5.75 Å². The third kappa shape index (κ3) is 3.66. The number of carbonyl (C=O) groups is 2. The smallest absolute Gasteiger partial charge is 0.314 e. The van der Waals surface area contributed by atoms with Crippen LogP contribution in [0.1, 0.15) is 12.5 Å². The van der Waals surface area contributed by atoms with Crippen molar-refractivity contribution in [3.05, 3.63) is 16.1 Å². The molecule has 1 rings (SSSR count). The number of hydrogen-bond acceptors (Lipinski definition) is 5. The maximum absolute atomic E-state index is 11.4. The zero-order chi connectivity index (χ0) is 16.2. The topological polar surface area (TPSA) is 82.1 Å². The molecule has 0 spiro atoms. The van der Waals surface area contributed by atoms with E-state index in [1.165, 1.54) is 28.3 Å². The van der Waals surface area contributed by atoms with E-state index in [0.717, 1.165) is 0 Å². The Balaban J connectivity index is 3.36. The van der Waals surface area contributed by atoms with E-state index in [4.69, 9.17) is 19.3 Å². The number of methoxy groups -OCH3 is 3. The van der Waals surface area contributed by atoms with Crippen LogP contribution in [0.2, 0.25) is 0 Å². The van der Waals surface area contributed by atoms with Crippen molar-refractivity contribution < 1.29 is 28.9 Å². The highest BCUT2D eigenvalue weighted by Crippen LogP contribution is 2.45. The number of benzene rings is 1. The molecule has 0 bridgehead atoms. The van der Waals surface area contributed by atoms with Gasteiger partial charge in [-0.05, 0) is 40.9 Å². The first-order chi connectivity index (χ1) is 9.87. The highest BCUT2D eigenvalue weighted by Gasteiger charge is 2.27. The van der Waals surface area contributed by atoms with E-state index in [9.17, 15) is 9.59 Å². The van der Waals surface area contributed by atoms with Crippen molar-refractivity contribution in [3.63, 3.8) is 0 Å². The first kappa shape index (κ1) is 17.3. The highest BCUT2D eigenvalue weighted by atomic mass is 79.9. The predicted octanol–water partition coefficient (Wildman–Crippen LogP) is 2.31. The molecule has 0 saturated heterocycles. The fourth-order valence-corrected chi connectivity index (χ4v) is 2.56. The molecule has 21 heavy (non-hydrogen) atoms. The summed E-state index contributed by atoms with van der Waals surface area (Å²) in [7, 11) is 4.40. The van der Waals surface area contributed by atoms with Crippen molar-refractivity contribution in [1.82, 2.24) is 0 Å². The summed E-state index contributed by atoms with van der Waals surface area (Å²) in [5, 5.41) is 9.13. The molecular formula is C14H17BrO6. The van der Waals surface area contributed by atoms with E-state index >= 15 is 0 Å². The number of carboxylic acid groups (broad SMARTS) is 1. The van der Waals surface area contributed by atoms with Crippen LogP contribution in [0.25, 0.3) is 0 Å². The number of Topliss-reactive ketones (excluding diaryl/α,β-unsaturated/α-hetero) is 1. The number of ketones is 1. The average Bonchev–Trinajstić information content (AvgIpc) is 2.44. The third-order valence-electron chi connectivity index (χ3n) is 3.06. The quantitative estimate of drug-likeness (QED) is 0.751. The van der Waals surface area contributed by atoms with Crippen molar-refractivity contribution in [2.24, 2.45) is 5.92 Å². The van der Waals surface area contributed by atoms with Gasteiger partial charge in [0, 0.05) is 0 Å². The minimum absolute atomic E-state index is 0.0297. The maximum atomic E-state index is 11.4. The number of halogens is 1. The molecule has 7 heteroatoms. The zero-order valence-electron chi connectivity index (χ0n) is 12.2. The van der Waals surface area contributed by atoms with Gasteiger partial charge in [-0.1, -0.05) is 0 Å². The molecule has 1 N–H and O–H groups in total. The molecule has 1 aromatic carbocycles. The summed E-state index contributed by atoms with van der Waals surface area (Å²) in [6.07, 6.45) is 0.0297. The van der Waals surface area contributed by atoms with E-state index in [2.05, 4.69) is 15.9 Å². The molecule has 0 aliphatic carbocycles. The SMILES string of the molecule is COc1cc(CC(C(C)=O)C(=O)O)c(Br)c(OC)c1OC. The predicted molar refractivity (Wildman–Crippen MR) is 79.3 cm³/mol. The van der Waals surface area contributed by atoms with E-state index in [0.29, 0.717) is 27.3 Å². The summed E-state index contributed by atoms with van der Waals surface area (Å²) in [4.78, 5) is 22.6. The number of ether oxygens (including phenoxy) is 3. The van der Waals surface area contributed by atoms with Gasteiger partial charge in [-0.3, -0.25) is 9.59 Å². The van der Waals surface area contributed by atoms with Crippen LogP contribution in [0.4, 0.5) is 0 Å². The van der Waals surface area contributed by atoms with Crippen LogP contribution < -0.4 is 14.2 Å². The van der Waals surface area contributed by atoms with Gasteiger partial charge in [0.25, 0.3) is 0 Å². The van der Waals surface area contributed by atoms with Crippen LogP contribution in [0.3, 0.4) is 0 Å². The molecule has 0 amide bonds. The molecule has 1 unspecified atom stereocenters. The Morgan fingerprint density at radius 3 is 2.14 bits per heavy atom. The van der Waals surface area contributed by atoms with Gasteiger partial charge < -0.3 is 19.3 Å². The van der Waals surface area contributed by atoms with Crippen molar-refractivity contribution in [3.8, 4) is 17.2 Å². The first-order valence-electron chi connectivity index (χ1n) is 6.07. The summed E-state index contributed by atoms with van der Waals surface area (Å²) in [5.74, 6) is -1.51. The van der Waals surface area contributed by atoms with Gasteiger partial charge in [-0.15, -0.1) is 0 Å². The standard InChI is InChI=1S/C14H17BrO6/c1-7(16)9(14(17)18)5-8-6-10(19-2)12(20-3)13(21-4)11(8)15/h6,9H,5H2,1-4H3,(H,17,18). The molecule has 1 aromatic rings. The minimum atomic E-state index is -1.16. The lowest BCUT2D eigenvalue weighted by Crippen LogP contribution is -2.24. The summed E-state index contributed by atoms with van der Waals surface area (Å²) in [5.41, 5.74) is 0.590. The second-order valence-corrected chi connectivity index (χ2v) is 5.12. The molecule has 0 radical (unpaired) electrons. The van der Waals surface area contributed by atoms with Crippen LogP contribution in [0.5, 0.6) is 17.2 Å². The number of aliphatic carboxylic acids is 1. The lowest BCUT2D eigenvalue weighted by atomic mass is 9.95. The molecule has 0 heterocycles. The van der Waals surface area contributed by atoms with Gasteiger partial charge >= 0.3 is 5.97 Å². The van der Waals surface area contributed by atoms with Gasteiger partial charge in [-0.2, -0.15) is 0 Å². The summed E-state index contributed by atoms with van der Waals surface area (Å²) in [6.45, 7) is 1.25. The molecule has 0 saturated carbocycles. The highest BCUT2D eigenvalue weighted by molar-refractivity contribution is 9.10. The van der Waals surface area contributed by atoms with Gasteiger partial charge in [0.1, 0.15) is 11.7 Å². The first-order valence-corrected chi connectivity index (χ1v) is 6.87. The van der Waals surface area contributed by atoms with Crippen LogP contribution in [0, 0.1) is 5.92 Å². The number of hydrogen-bond donors (Lipinski definition) is 1.